The number of hydrogen-bond donors (Lipinski definition) is 0. The lowest BCUT2D eigenvalue weighted by atomic mass is 9.97. The quantitative estimate of drug-likeness (QED) is 0.371. The average molecular weight is 408 g/mol. The molecule has 0 saturated heterocycles. The number of aryl methyl sites for hydroxylation is 2. The van der Waals surface area contributed by atoms with Crippen LogP contribution in [0.3, 0.4) is 0 Å². The lowest BCUT2D eigenvalue weighted by Crippen LogP contribution is -2.05. The second-order valence-electron chi connectivity index (χ2n) is 7.32. The van der Waals surface area contributed by atoms with E-state index in [2.05, 4.69) is 0 Å². The summed E-state index contributed by atoms with van der Waals surface area (Å²) < 4.78 is 49.4. The summed E-state index contributed by atoms with van der Waals surface area (Å²) >= 11 is 0. The first-order valence-corrected chi connectivity index (χ1v) is 9.70. The second-order valence-corrected chi connectivity index (χ2v) is 7.32. The molecule has 0 radical (unpaired) electrons. The molecule has 0 spiro atoms. The maximum absolute atomic E-state index is 15.2. The zero-order valence-electron chi connectivity index (χ0n) is 16.6. The van der Waals surface area contributed by atoms with Crippen molar-refractivity contribution >= 4 is 10.8 Å². The minimum atomic E-state index is -0.766. The van der Waals surface area contributed by atoms with Gasteiger partial charge in [-0.15, -0.1) is 0 Å². The van der Waals surface area contributed by atoms with Crippen molar-refractivity contribution < 1.29 is 17.6 Å². The van der Waals surface area contributed by atoms with Crippen molar-refractivity contribution in [2.24, 2.45) is 0 Å². The molecular formula is C25H19F3O2. The van der Waals surface area contributed by atoms with Crippen molar-refractivity contribution in [2.45, 2.75) is 26.7 Å². The van der Waals surface area contributed by atoms with Crippen LogP contribution in [0.15, 0.2) is 63.8 Å². The highest BCUT2D eigenvalue weighted by Crippen LogP contribution is 2.33. The third-order valence-electron chi connectivity index (χ3n) is 5.11. The molecule has 4 rings (SSSR count). The molecule has 1 aromatic heterocycles. The number of fused-ring (bicyclic) bond motifs is 1. The van der Waals surface area contributed by atoms with Gasteiger partial charge in [-0.25, -0.2) is 18.0 Å². The molecule has 4 aromatic rings. The first-order chi connectivity index (χ1) is 14.4. The van der Waals surface area contributed by atoms with Crippen LogP contribution in [-0.4, -0.2) is 0 Å². The van der Waals surface area contributed by atoms with Crippen molar-refractivity contribution in [2.75, 3.05) is 0 Å². The van der Waals surface area contributed by atoms with Gasteiger partial charge in [-0.05, 0) is 48.1 Å². The molecular weight excluding hydrogens is 389 g/mol. The Labute approximate surface area is 171 Å². The smallest absolute Gasteiger partial charge is 0.346 e. The molecule has 0 N–H and O–H groups in total. The van der Waals surface area contributed by atoms with Crippen LogP contribution in [0.25, 0.3) is 33.0 Å². The topological polar surface area (TPSA) is 30.2 Å². The molecule has 0 aliphatic rings. The van der Waals surface area contributed by atoms with Crippen molar-refractivity contribution in [3.63, 3.8) is 0 Å². The molecule has 0 fully saturated rings. The number of halogens is 3. The molecule has 5 heteroatoms. The van der Waals surface area contributed by atoms with Crippen molar-refractivity contribution in [3.8, 4) is 22.3 Å². The molecule has 1 heterocycles. The minimum absolute atomic E-state index is 0.0767. The van der Waals surface area contributed by atoms with Gasteiger partial charge in [0.15, 0.2) is 0 Å². The van der Waals surface area contributed by atoms with Crippen LogP contribution >= 0.6 is 0 Å². The summed E-state index contributed by atoms with van der Waals surface area (Å²) in [7, 11) is 0. The molecule has 0 amide bonds. The van der Waals surface area contributed by atoms with Crippen LogP contribution in [0.2, 0.25) is 0 Å². The van der Waals surface area contributed by atoms with Gasteiger partial charge >= 0.3 is 5.63 Å². The molecule has 2 nitrogen and oxygen atoms in total. The summed E-state index contributed by atoms with van der Waals surface area (Å²) in [5.74, 6) is -1.48. The van der Waals surface area contributed by atoms with Gasteiger partial charge in [-0.1, -0.05) is 43.3 Å². The van der Waals surface area contributed by atoms with Gasteiger partial charge in [0.2, 0.25) is 0 Å². The van der Waals surface area contributed by atoms with E-state index < -0.39 is 23.1 Å². The molecule has 3 aromatic carbocycles. The highest BCUT2D eigenvalue weighted by atomic mass is 19.1. The van der Waals surface area contributed by atoms with E-state index in [0.717, 1.165) is 18.1 Å². The third kappa shape index (κ3) is 3.52. The molecule has 152 valence electrons. The Morgan fingerprint density at radius 2 is 1.50 bits per heavy atom. The fourth-order valence-corrected chi connectivity index (χ4v) is 3.62. The monoisotopic (exact) mass is 408 g/mol. The van der Waals surface area contributed by atoms with E-state index in [-0.39, 0.29) is 27.6 Å². The first kappa shape index (κ1) is 20.0. The van der Waals surface area contributed by atoms with Crippen LogP contribution in [0.4, 0.5) is 13.2 Å². The van der Waals surface area contributed by atoms with Crippen LogP contribution in [0, 0.1) is 24.4 Å². The molecule has 0 unspecified atom stereocenters. The van der Waals surface area contributed by atoms with Gasteiger partial charge in [0, 0.05) is 23.1 Å². The predicted octanol–water partition coefficient (Wildman–Crippen LogP) is 6.81. The lowest BCUT2D eigenvalue weighted by Gasteiger charge is -2.10. The van der Waals surface area contributed by atoms with E-state index in [1.54, 1.807) is 25.1 Å². The Kier molecular flexibility index (Phi) is 5.20. The highest BCUT2D eigenvalue weighted by Gasteiger charge is 2.17. The van der Waals surface area contributed by atoms with Crippen molar-refractivity contribution in [1.82, 2.24) is 0 Å². The summed E-state index contributed by atoms with van der Waals surface area (Å²) in [5, 5.41) is 0.274. The van der Waals surface area contributed by atoms with Gasteiger partial charge < -0.3 is 4.42 Å². The van der Waals surface area contributed by atoms with E-state index in [1.165, 1.54) is 30.3 Å². The van der Waals surface area contributed by atoms with Crippen molar-refractivity contribution in [1.29, 1.82) is 0 Å². The lowest BCUT2D eigenvalue weighted by molar-refractivity contribution is 0.462. The Balaban J connectivity index is 1.82. The summed E-state index contributed by atoms with van der Waals surface area (Å²) in [6.07, 6.45) is 1.37. The number of rotatable bonds is 4. The van der Waals surface area contributed by atoms with Gasteiger partial charge in [-0.3, -0.25) is 0 Å². The Morgan fingerprint density at radius 3 is 2.17 bits per heavy atom. The normalized spacial score (nSPS) is 11.2. The molecule has 0 aliphatic carbocycles. The van der Waals surface area contributed by atoms with Crippen LogP contribution in [0.5, 0.6) is 0 Å². The van der Waals surface area contributed by atoms with E-state index in [1.807, 2.05) is 6.92 Å². The van der Waals surface area contributed by atoms with E-state index in [9.17, 15) is 13.6 Å². The first-order valence-electron chi connectivity index (χ1n) is 9.70. The summed E-state index contributed by atoms with van der Waals surface area (Å²) in [6.45, 7) is 3.70. The maximum atomic E-state index is 15.2. The van der Waals surface area contributed by atoms with Crippen molar-refractivity contribution in [3.05, 3.63) is 93.8 Å². The molecule has 30 heavy (non-hydrogen) atoms. The summed E-state index contributed by atoms with van der Waals surface area (Å²) in [5.41, 5.74) is 0.517. The standard InChI is InChI=1S/C25H19F3O2/c1-3-4-17-12-16-7-9-18(24(28)23(16)25(29)30-17)15-6-10-20(22(27)13-15)19-8-5-14(2)11-21(19)26/h5-13H,3-4H2,1-2H3. The summed E-state index contributed by atoms with van der Waals surface area (Å²) in [6, 6.07) is 13.4. The Hall–Kier alpha value is -3.34. The number of benzene rings is 3. The second kappa shape index (κ2) is 7.82. The zero-order chi connectivity index (χ0) is 21.4. The predicted molar refractivity (Wildman–Crippen MR) is 112 cm³/mol. The minimum Gasteiger partial charge on any atom is -0.427 e. The Bertz CT molecular complexity index is 1320. The zero-order valence-corrected chi connectivity index (χ0v) is 16.6. The van der Waals surface area contributed by atoms with Gasteiger partial charge in [0.1, 0.15) is 28.6 Å². The number of hydrogen-bond acceptors (Lipinski definition) is 2. The fraction of sp³-hybridized carbons (Fsp3) is 0.160. The third-order valence-corrected chi connectivity index (χ3v) is 5.11. The van der Waals surface area contributed by atoms with Crippen LogP contribution in [0.1, 0.15) is 24.7 Å². The van der Waals surface area contributed by atoms with Gasteiger partial charge in [0.05, 0.1) is 0 Å². The van der Waals surface area contributed by atoms with E-state index in [0.29, 0.717) is 17.6 Å². The Morgan fingerprint density at radius 1 is 0.833 bits per heavy atom. The largest absolute Gasteiger partial charge is 0.427 e. The van der Waals surface area contributed by atoms with Gasteiger partial charge in [0.25, 0.3) is 0 Å². The van der Waals surface area contributed by atoms with E-state index in [4.69, 9.17) is 4.42 Å². The molecule has 0 bridgehead atoms. The van der Waals surface area contributed by atoms with E-state index >= 15 is 4.39 Å². The molecule has 0 aliphatic heterocycles. The fourth-order valence-electron chi connectivity index (χ4n) is 3.62. The average Bonchev–Trinajstić information content (AvgIpc) is 2.69. The molecule has 0 atom stereocenters. The molecule has 0 saturated carbocycles. The summed E-state index contributed by atoms with van der Waals surface area (Å²) in [4.78, 5) is 12.3. The van der Waals surface area contributed by atoms with Crippen LogP contribution < -0.4 is 5.63 Å². The maximum Gasteiger partial charge on any atom is 0.346 e. The van der Waals surface area contributed by atoms with Crippen LogP contribution in [-0.2, 0) is 6.42 Å². The highest BCUT2D eigenvalue weighted by molar-refractivity contribution is 5.87. The SMILES string of the molecule is CCCc1cc2ccc(-c3ccc(-c4ccc(C)cc4F)c(F)c3)c(F)c2c(=O)o1. The van der Waals surface area contributed by atoms with Gasteiger partial charge in [-0.2, -0.15) is 0 Å².